The molecule has 1 aromatic heterocycles. The van der Waals surface area contributed by atoms with Crippen molar-refractivity contribution in [1.29, 1.82) is 0 Å². The van der Waals surface area contributed by atoms with Crippen molar-refractivity contribution in [1.82, 2.24) is 4.98 Å². The molecule has 22 heavy (non-hydrogen) atoms. The first-order valence-corrected chi connectivity index (χ1v) is 9.74. The van der Waals surface area contributed by atoms with Crippen molar-refractivity contribution in [2.75, 3.05) is 4.72 Å². The molecule has 0 saturated carbocycles. The molecule has 1 atom stereocenters. The van der Waals surface area contributed by atoms with Crippen molar-refractivity contribution in [2.45, 2.75) is 44.9 Å². The zero-order valence-corrected chi connectivity index (χ0v) is 14.6. The predicted molar refractivity (Wildman–Crippen MR) is 90.0 cm³/mol. The predicted octanol–water partition coefficient (Wildman–Crippen LogP) is 3.69. The Morgan fingerprint density at radius 2 is 2.05 bits per heavy atom. The maximum absolute atomic E-state index is 12.5. The third-order valence-electron chi connectivity index (χ3n) is 4.20. The van der Waals surface area contributed by atoms with Gasteiger partial charge in [0.2, 0.25) is 0 Å². The third-order valence-corrected chi connectivity index (χ3v) is 6.70. The van der Waals surface area contributed by atoms with Crippen LogP contribution in [-0.4, -0.2) is 13.4 Å². The minimum absolute atomic E-state index is 0.289. The van der Waals surface area contributed by atoms with Gasteiger partial charge in [0.25, 0.3) is 10.0 Å². The Morgan fingerprint density at radius 1 is 1.27 bits per heavy atom. The summed E-state index contributed by atoms with van der Waals surface area (Å²) >= 11 is 1.47. The van der Waals surface area contributed by atoms with Gasteiger partial charge in [-0.3, -0.25) is 4.72 Å². The molecule has 0 saturated heterocycles. The second-order valence-corrected chi connectivity index (χ2v) is 8.85. The van der Waals surface area contributed by atoms with Gasteiger partial charge in [0.05, 0.1) is 10.6 Å². The van der Waals surface area contributed by atoms with E-state index in [-0.39, 0.29) is 4.90 Å². The van der Waals surface area contributed by atoms with Crippen molar-refractivity contribution in [3.63, 3.8) is 0 Å². The Hall–Kier alpha value is -1.40. The van der Waals surface area contributed by atoms with E-state index in [0.717, 1.165) is 36.1 Å². The van der Waals surface area contributed by atoms with Crippen molar-refractivity contribution in [3.8, 4) is 0 Å². The van der Waals surface area contributed by atoms with Gasteiger partial charge in [-0.05, 0) is 62.3 Å². The van der Waals surface area contributed by atoms with Crippen LogP contribution >= 0.6 is 11.3 Å². The lowest BCUT2D eigenvalue weighted by Gasteiger charge is -2.15. The van der Waals surface area contributed by atoms with Gasteiger partial charge in [-0.25, -0.2) is 13.4 Å². The Kier molecular flexibility index (Phi) is 3.99. The number of benzene rings is 1. The standard InChI is InChI=1S/C16H20N2O2S2/c1-10-4-7-14-15(8-10)21-16(17-14)18-22(19,20)13-6-5-11(2)12(3)9-13/h5-6,9-10H,4,7-8H2,1-3H3,(H,17,18). The maximum atomic E-state index is 12.5. The Bertz CT molecular complexity index is 810. The lowest BCUT2D eigenvalue weighted by Crippen LogP contribution is -2.13. The largest absolute Gasteiger partial charge is 0.263 e. The van der Waals surface area contributed by atoms with Crippen LogP contribution in [0.3, 0.4) is 0 Å². The number of nitrogens with one attached hydrogen (secondary N) is 1. The number of hydrogen-bond acceptors (Lipinski definition) is 4. The number of thiazole rings is 1. The highest BCUT2D eigenvalue weighted by Gasteiger charge is 2.22. The molecule has 1 aliphatic carbocycles. The minimum atomic E-state index is -3.57. The van der Waals surface area contributed by atoms with E-state index in [1.54, 1.807) is 12.1 Å². The summed E-state index contributed by atoms with van der Waals surface area (Å²) in [6, 6.07) is 5.17. The first kappa shape index (κ1) is 15.5. The number of fused-ring (bicyclic) bond motifs is 1. The van der Waals surface area contributed by atoms with Crippen LogP contribution in [0.2, 0.25) is 0 Å². The van der Waals surface area contributed by atoms with Gasteiger partial charge in [-0.1, -0.05) is 13.0 Å². The van der Waals surface area contributed by atoms with Gasteiger partial charge >= 0.3 is 0 Å². The van der Waals surface area contributed by atoms with E-state index in [9.17, 15) is 8.42 Å². The van der Waals surface area contributed by atoms with Gasteiger partial charge in [-0.15, -0.1) is 11.3 Å². The zero-order valence-electron chi connectivity index (χ0n) is 13.0. The molecule has 4 nitrogen and oxygen atoms in total. The van der Waals surface area contributed by atoms with Gasteiger partial charge in [-0.2, -0.15) is 0 Å². The Balaban J connectivity index is 1.87. The van der Waals surface area contributed by atoms with E-state index in [1.807, 2.05) is 19.9 Å². The zero-order chi connectivity index (χ0) is 15.9. The molecule has 1 heterocycles. The second-order valence-electron chi connectivity index (χ2n) is 6.09. The van der Waals surface area contributed by atoms with Crippen molar-refractivity contribution in [3.05, 3.63) is 39.9 Å². The van der Waals surface area contributed by atoms with Crippen LogP contribution in [-0.2, 0) is 22.9 Å². The highest BCUT2D eigenvalue weighted by atomic mass is 32.2. The van der Waals surface area contributed by atoms with Crippen LogP contribution in [0.4, 0.5) is 5.13 Å². The fourth-order valence-electron chi connectivity index (χ4n) is 2.64. The quantitative estimate of drug-likeness (QED) is 0.930. The van der Waals surface area contributed by atoms with Gasteiger partial charge in [0.15, 0.2) is 5.13 Å². The SMILES string of the molecule is Cc1ccc(S(=O)(=O)Nc2nc3c(s2)CC(C)CC3)cc1C. The molecule has 1 aromatic carbocycles. The lowest BCUT2D eigenvalue weighted by molar-refractivity contribution is 0.502. The van der Waals surface area contributed by atoms with Gasteiger partial charge < -0.3 is 0 Å². The van der Waals surface area contributed by atoms with Crippen molar-refractivity contribution >= 4 is 26.5 Å². The highest BCUT2D eigenvalue weighted by molar-refractivity contribution is 7.93. The molecule has 0 spiro atoms. The summed E-state index contributed by atoms with van der Waals surface area (Å²) in [5.74, 6) is 0.650. The summed E-state index contributed by atoms with van der Waals surface area (Å²) in [6.07, 6.45) is 3.07. The summed E-state index contributed by atoms with van der Waals surface area (Å²) < 4.78 is 27.6. The molecule has 1 N–H and O–H groups in total. The van der Waals surface area contributed by atoms with Crippen LogP contribution in [0.1, 0.15) is 35.0 Å². The molecule has 0 bridgehead atoms. The van der Waals surface area contributed by atoms with Crippen LogP contribution < -0.4 is 4.72 Å². The molecule has 1 aliphatic rings. The molecule has 3 rings (SSSR count). The summed E-state index contributed by atoms with van der Waals surface area (Å²) in [6.45, 7) is 6.11. The summed E-state index contributed by atoms with van der Waals surface area (Å²) in [5, 5.41) is 0.484. The Morgan fingerprint density at radius 3 is 2.77 bits per heavy atom. The molecule has 0 radical (unpaired) electrons. The number of rotatable bonds is 3. The van der Waals surface area contributed by atoms with E-state index in [4.69, 9.17) is 0 Å². The monoisotopic (exact) mass is 336 g/mol. The summed E-state index contributed by atoms with van der Waals surface area (Å²) in [7, 11) is -3.57. The molecule has 2 aromatic rings. The smallest absolute Gasteiger partial charge is 0.255 e. The topological polar surface area (TPSA) is 59.1 Å². The highest BCUT2D eigenvalue weighted by Crippen LogP contribution is 2.33. The van der Waals surface area contributed by atoms with E-state index in [1.165, 1.54) is 16.2 Å². The van der Waals surface area contributed by atoms with Gasteiger partial charge in [0.1, 0.15) is 0 Å². The fourth-order valence-corrected chi connectivity index (χ4v) is 5.13. The minimum Gasteiger partial charge on any atom is -0.255 e. The number of sulfonamides is 1. The maximum Gasteiger partial charge on any atom is 0.263 e. The number of nitrogens with zero attached hydrogens (tertiary/aromatic N) is 1. The van der Waals surface area contributed by atoms with Crippen LogP contribution in [0.25, 0.3) is 0 Å². The van der Waals surface area contributed by atoms with E-state index < -0.39 is 10.0 Å². The molecular formula is C16H20N2O2S2. The molecule has 1 unspecified atom stereocenters. The number of anilines is 1. The third kappa shape index (κ3) is 3.03. The van der Waals surface area contributed by atoms with Crippen molar-refractivity contribution < 1.29 is 8.42 Å². The van der Waals surface area contributed by atoms with Gasteiger partial charge in [0, 0.05) is 4.88 Å². The summed E-state index contributed by atoms with van der Waals surface area (Å²) in [5.41, 5.74) is 3.11. The first-order valence-electron chi connectivity index (χ1n) is 7.44. The van der Waals surface area contributed by atoms with Crippen LogP contribution in [0, 0.1) is 19.8 Å². The molecule has 6 heteroatoms. The average molecular weight is 336 g/mol. The number of aryl methyl sites for hydroxylation is 3. The fraction of sp³-hybridized carbons (Fsp3) is 0.438. The lowest BCUT2D eigenvalue weighted by atomic mass is 9.93. The van der Waals surface area contributed by atoms with E-state index in [2.05, 4.69) is 16.6 Å². The second kappa shape index (κ2) is 5.66. The first-order chi connectivity index (χ1) is 10.3. The van der Waals surface area contributed by atoms with E-state index in [0.29, 0.717) is 11.0 Å². The Labute approximate surface area is 135 Å². The van der Waals surface area contributed by atoms with Crippen LogP contribution in [0.15, 0.2) is 23.1 Å². The molecule has 118 valence electrons. The van der Waals surface area contributed by atoms with Crippen molar-refractivity contribution in [2.24, 2.45) is 5.92 Å². The summed E-state index contributed by atoms with van der Waals surface area (Å²) in [4.78, 5) is 5.97. The molecule has 0 fully saturated rings. The van der Waals surface area contributed by atoms with E-state index >= 15 is 0 Å². The number of hydrogen-bond donors (Lipinski definition) is 1. The number of aromatic nitrogens is 1. The molecule has 0 aliphatic heterocycles. The average Bonchev–Trinajstić information content (AvgIpc) is 2.82. The molecular weight excluding hydrogens is 316 g/mol. The van der Waals surface area contributed by atoms with Crippen LogP contribution in [0.5, 0.6) is 0 Å². The normalized spacial score (nSPS) is 18.0. The molecule has 0 amide bonds.